The Morgan fingerprint density at radius 3 is 2.46 bits per heavy atom. The molecular weight excluding hydrogens is 166 g/mol. The fourth-order valence-corrected chi connectivity index (χ4v) is 1.79. The molecule has 0 aliphatic rings. The van der Waals surface area contributed by atoms with Gasteiger partial charge in [0.2, 0.25) is 0 Å². The first-order valence-corrected chi connectivity index (χ1v) is 4.85. The highest BCUT2D eigenvalue weighted by molar-refractivity contribution is 5.67. The Kier molecular flexibility index (Phi) is 4.99. The monoisotopic (exact) mass is 187 g/mol. The van der Waals surface area contributed by atoms with Gasteiger partial charge in [-0.3, -0.25) is 4.79 Å². The average Bonchev–Trinajstić information content (AvgIpc) is 1.81. The molecule has 0 heterocycles. The minimum absolute atomic E-state index is 0.0765. The van der Waals surface area contributed by atoms with Crippen molar-refractivity contribution in [2.45, 2.75) is 52.5 Å². The van der Waals surface area contributed by atoms with Gasteiger partial charge >= 0.3 is 5.97 Å². The maximum Gasteiger partial charge on any atom is 0.304 e. The van der Waals surface area contributed by atoms with Gasteiger partial charge in [-0.1, -0.05) is 27.2 Å². The zero-order valence-electron chi connectivity index (χ0n) is 8.84. The summed E-state index contributed by atoms with van der Waals surface area (Å²) in [5.74, 6) is -0.806. The van der Waals surface area contributed by atoms with E-state index < -0.39 is 5.97 Å². The zero-order valence-corrected chi connectivity index (χ0v) is 8.84. The number of carbonyl (C=O) groups is 1. The topological polar surface area (TPSA) is 63.3 Å². The van der Waals surface area contributed by atoms with Crippen LogP contribution in [-0.4, -0.2) is 17.1 Å². The SMILES string of the molecule is CCCC(C)(C)C[C@H](N)CC(=O)O. The Morgan fingerprint density at radius 1 is 1.54 bits per heavy atom. The second-order valence-electron chi connectivity index (χ2n) is 4.48. The van der Waals surface area contributed by atoms with E-state index in [0.29, 0.717) is 0 Å². The Labute approximate surface area is 80.3 Å². The van der Waals surface area contributed by atoms with Crippen LogP contribution in [0.25, 0.3) is 0 Å². The van der Waals surface area contributed by atoms with Crippen LogP contribution in [0.4, 0.5) is 0 Å². The highest BCUT2D eigenvalue weighted by Crippen LogP contribution is 2.28. The van der Waals surface area contributed by atoms with Gasteiger partial charge in [-0.2, -0.15) is 0 Å². The molecule has 0 saturated carbocycles. The quantitative estimate of drug-likeness (QED) is 0.668. The van der Waals surface area contributed by atoms with E-state index in [-0.39, 0.29) is 17.9 Å². The second-order valence-corrected chi connectivity index (χ2v) is 4.48. The van der Waals surface area contributed by atoms with Crippen LogP contribution < -0.4 is 5.73 Å². The van der Waals surface area contributed by atoms with Gasteiger partial charge in [0.15, 0.2) is 0 Å². The lowest BCUT2D eigenvalue weighted by atomic mass is 9.81. The van der Waals surface area contributed by atoms with Crippen molar-refractivity contribution in [2.75, 3.05) is 0 Å². The predicted molar refractivity (Wildman–Crippen MR) is 53.5 cm³/mol. The third-order valence-electron chi connectivity index (χ3n) is 2.18. The van der Waals surface area contributed by atoms with Crippen LogP contribution in [0.5, 0.6) is 0 Å². The van der Waals surface area contributed by atoms with Crippen LogP contribution in [0, 0.1) is 5.41 Å². The lowest BCUT2D eigenvalue weighted by Crippen LogP contribution is -2.30. The maximum absolute atomic E-state index is 10.4. The average molecular weight is 187 g/mol. The summed E-state index contributed by atoms with van der Waals surface area (Å²) in [5, 5.41) is 8.53. The number of hydrogen-bond donors (Lipinski definition) is 2. The van der Waals surface area contributed by atoms with Crippen molar-refractivity contribution in [3.8, 4) is 0 Å². The number of rotatable bonds is 6. The molecule has 0 spiro atoms. The summed E-state index contributed by atoms with van der Waals surface area (Å²) in [6, 6.07) is -0.209. The summed E-state index contributed by atoms with van der Waals surface area (Å²) in [6.45, 7) is 6.40. The Balaban J connectivity index is 3.88. The molecule has 0 aliphatic carbocycles. The van der Waals surface area contributed by atoms with Crippen LogP contribution >= 0.6 is 0 Å². The lowest BCUT2D eigenvalue weighted by Gasteiger charge is -2.26. The molecule has 3 N–H and O–H groups in total. The second kappa shape index (κ2) is 5.22. The number of nitrogens with two attached hydrogens (primary N) is 1. The predicted octanol–water partition coefficient (Wildman–Crippen LogP) is 2.00. The Hall–Kier alpha value is -0.570. The van der Waals surface area contributed by atoms with Crippen molar-refractivity contribution >= 4 is 5.97 Å². The minimum Gasteiger partial charge on any atom is -0.481 e. The molecule has 0 aromatic rings. The zero-order chi connectivity index (χ0) is 10.5. The van der Waals surface area contributed by atoms with Gasteiger partial charge in [-0.15, -0.1) is 0 Å². The van der Waals surface area contributed by atoms with E-state index in [0.717, 1.165) is 19.3 Å². The fourth-order valence-electron chi connectivity index (χ4n) is 1.79. The van der Waals surface area contributed by atoms with Crippen LogP contribution in [0.1, 0.15) is 46.5 Å². The molecule has 0 aliphatic heterocycles. The molecule has 0 radical (unpaired) electrons. The van der Waals surface area contributed by atoms with Crippen LogP contribution in [0.3, 0.4) is 0 Å². The van der Waals surface area contributed by atoms with Gasteiger partial charge in [0.1, 0.15) is 0 Å². The first-order valence-electron chi connectivity index (χ1n) is 4.85. The Bertz CT molecular complexity index is 166. The normalized spacial score (nSPS) is 14.2. The third-order valence-corrected chi connectivity index (χ3v) is 2.18. The van der Waals surface area contributed by atoms with Gasteiger partial charge < -0.3 is 10.8 Å². The standard InChI is InChI=1S/C10H21NO2/c1-4-5-10(2,3)7-8(11)6-9(12)13/h8H,4-7,11H2,1-3H3,(H,12,13)/t8-/m1/s1. The van der Waals surface area contributed by atoms with E-state index >= 15 is 0 Å². The highest BCUT2D eigenvalue weighted by atomic mass is 16.4. The molecule has 0 rings (SSSR count). The van der Waals surface area contributed by atoms with Crippen molar-refractivity contribution in [3.63, 3.8) is 0 Å². The number of hydrogen-bond acceptors (Lipinski definition) is 2. The van der Waals surface area contributed by atoms with Crippen molar-refractivity contribution in [1.82, 2.24) is 0 Å². The molecule has 0 bridgehead atoms. The van der Waals surface area contributed by atoms with Gasteiger partial charge in [-0.05, 0) is 18.3 Å². The summed E-state index contributed by atoms with van der Waals surface area (Å²) < 4.78 is 0. The molecule has 13 heavy (non-hydrogen) atoms. The third kappa shape index (κ3) is 6.58. The summed E-state index contributed by atoms with van der Waals surface area (Å²) in [6.07, 6.45) is 3.08. The summed E-state index contributed by atoms with van der Waals surface area (Å²) in [7, 11) is 0. The van der Waals surface area contributed by atoms with Gasteiger partial charge in [0.05, 0.1) is 6.42 Å². The summed E-state index contributed by atoms with van der Waals surface area (Å²) >= 11 is 0. The molecule has 1 atom stereocenters. The molecule has 0 amide bonds. The van der Waals surface area contributed by atoms with Crippen LogP contribution in [-0.2, 0) is 4.79 Å². The minimum atomic E-state index is -0.806. The van der Waals surface area contributed by atoms with Crippen molar-refractivity contribution < 1.29 is 9.90 Å². The largest absolute Gasteiger partial charge is 0.481 e. The van der Waals surface area contributed by atoms with Crippen molar-refractivity contribution in [3.05, 3.63) is 0 Å². The van der Waals surface area contributed by atoms with E-state index in [9.17, 15) is 4.79 Å². The van der Waals surface area contributed by atoms with Gasteiger partial charge in [0.25, 0.3) is 0 Å². The van der Waals surface area contributed by atoms with E-state index in [1.807, 2.05) is 0 Å². The molecule has 0 aromatic carbocycles. The number of aliphatic carboxylic acids is 1. The maximum atomic E-state index is 10.4. The van der Waals surface area contributed by atoms with E-state index in [4.69, 9.17) is 10.8 Å². The molecule has 3 nitrogen and oxygen atoms in total. The molecule has 0 saturated heterocycles. The molecule has 78 valence electrons. The first-order chi connectivity index (χ1) is 5.87. The summed E-state index contributed by atoms with van der Waals surface area (Å²) in [5.41, 5.74) is 5.88. The van der Waals surface area contributed by atoms with Crippen LogP contribution in [0.15, 0.2) is 0 Å². The van der Waals surface area contributed by atoms with E-state index in [1.54, 1.807) is 0 Å². The van der Waals surface area contributed by atoms with Crippen LogP contribution in [0.2, 0.25) is 0 Å². The number of carboxylic acid groups (broad SMARTS) is 1. The van der Waals surface area contributed by atoms with Crippen molar-refractivity contribution in [1.29, 1.82) is 0 Å². The molecule has 3 heteroatoms. The van der Waals surface area contributed by atoms with Crippen molar-refractivity contribution in [2.24, 2.45) is 11.1 Å². The fraction of sp³-hybridized carbons (Fsp3) is 0.900. The van der Waals surface area contributed by atoms with Gasteiger partial charge in [-0.25, -0.2) is 0 Å². The Morgan fingerprint density at radius 2 is 2.08 bits per heavy atom. The number of carboxylic acids is 1. The molecular formula is C10H21NO2. The van der Waals surface area contributed by atoms with E-state index in [1.165, 1.54) is 0 Å². The first kappa shape index (κ1) is 12.4. The highest BCUT2D eigenvalue weighted by Gasteiger charge is 2.21. The van der Waals surface area contributed by atoms with E-state index in [2.05, 4.69) is 20.8 Å². The summed E-state index contributed by atoms with van der Waals surface area (Å²) in [4.78, 5) is 10.4. The lowest BCUT2D eigenvalue weighted by molar-refractivity contribution is -0.137. The molecule has 0 unspecified atom stereocenters. The van der Waals surface area contributed by atoms with Gasteiger partial charge in [0, 0.05) is 6.04 Å². The smallest absolute Gasteiger partial charge is 0.304 e. The molecule has 0 aromatic heterocycles. The molecule has 0 fully saturated rings.